The smallest absolute Gasteiger partial charge is 0.313 e. The van der Waals surface area contributed by atoms with Gasteiger partial charge in [0.1, 0.15) is 5.75 Å². The van der Waals surface area contributed by atoms with Crippen molar-refractivity contribution < 1.29 is 14.6 Å². The Balaban J connectivity index is 3.17. The van der Waals surface area contributed by atoms with Crippen LogP contribution >= 0.6 is 22.6 Å². The molecular weight excluding hydrogens is 319 g/mol. The number of hydrogen-bond acceptors (Lipinski definition) is 2. The number of carbonyl (C=O) groups is 1. The summed E-state index contributed by atoms with van der Waals surface area (Å²) in [6.45, 7) is 5.86. The van der Waals surface area contributed by atoms with E-state index in [9.17, 15) is 4.79 Å². The first-order chi connectivity index (χ1) is 7.39. The number of carboxylic acid groups (broad SMARTS) is 1. The molecule has 88 valence electrons. The summed E-state index contributed by atoms with van der Waals surface area (Å²) >= 11 is 2.17. The van der Waals surface area contributed by atoms with Gasteiger partial charge in [-0.25, -0.2) is 0 Å². The first-order valence-electron chi connectivity index (χ1n) is 5.05. The normalized spacial score (nSPS) is 11.2. The van der Waals surface area contributed by atoms with Crippen molar-refractivity contribution in [3.8, 4) is 5.75 Å². The Morgan fingerprint density at radius 2 is 2.12 bits per heavy atom. The SMILES string of the molecule is CCOc1cc(C(C)(C)C(=O)O)ccc1I. The predicted octanol–water partition coefficient (Wildman–Crippen LogP) is 3.05. The van der Waals surface area contributed by atoms with Crippen LogP contribution in [-0.4, -0.2) is 17.7 Å². The molecule has 0 aliphatic rings. The van der Waals surface area contributed by atoms with E-state index in [1.807, 2.05) is 19.1 Å². The third-order valence-corrected chi connectivity index (χ3v) is 3.38. The molecule has 3 nitrogen and oxygen atoms in total. The van der Waals surface area contributed by atoms with Gasteiger partial charge in [0.25, 0.3) is 0 Å². The molecule has 1 aromatic carbocycles. The Hall–Kier alpha value is -0.780. The monoisotopic (exact) mass is 334 g/mol. The molecule has 0 aromatic heterocycles. The van der Waals surface area contributed by atoms with Gasteiger partial charge in [-0.15, -0.1) is 0 Å². The number of halogens is 1. The number of benzene rings is 1. The van der Waals surface area contributed by atoms with Crippen LogP contribution < -0.4 is 4.74 Å². The molecule has 1 N–H and O–H groups in total. The summed E-state index contributed by atoms with van der Waals surface area (Å²) in [5, 5.41) is 9.14. The third-order valence-electron chi connectivity index (χ3n) is 2.49. The van der Waals surface area contributed by atoms with Crippen molar-refractivity contribution in [1.82, 2.24) is 0 Å². The lowest BCUT2D eigenvalue weighted by Crippen LogP contribution is -2.28. The van der Waals surface area contributed by atoms with Gasteiger partial charge in [-0.1, -0.05) is 6.07 Å². The highest BCUT2D eigenvalue weighted by Gasteiger charge is 2.29. The van der Waals surface area contributed by atoms with E-state index in [-0.39, 0.29) is 0 Å². The molecule has 4 heteroatoms. The lowest BCUT2D eigenvalue weighted by molar-refractivity contribution is -0.142. The summed E-state index contributed by atoms with van der Waals surface area (Å²) in [5.74, 6) is -0.0916. The molecule has 0 amide bonds. The van der Waals surface area contributed by atoms with Gasteiger partial charge in [-0.05, 0) is 61.1 Å². The second kappa shape index (κ2) is 5.03. The second-order valence-corrected chi connectivity index (χ2v) is 5.17. The van der Waals surface area contributed by atoms with Crippen LogP contribution in [0.4, 0.5) is 0 Å². The van der Waals surface area contributed by atoms with E-state index in [0.29, 0.717) is 6.61 Å². The summed E-state index contributed by atoms with van der Waals surface area (Å²) < 4.78 is 6.44. The van der Waals surface area contributed by atoms with Gasteiger partial charge < -0.3 is 9.84 Å². The first-order valence-corrected chi connectivity index (χ1v) is 6.13. The molecule has 0 fully saturated rings. The summed E-state index contributed by atoms with van der Waals surface area (Å²) in [6, 6.07) is 5.52. The highest BCUT2D eigenvalue weighted by Crippen LogP contribution is 2.30. The van der Waals surface area contributed by atoms with Crippen LogP contribution in [0.2, 0.25) is 0 Å². The van der Waals surface area contributed by atoms with Crippen LogP contribution in [0.25, 0.3) is 0 Å². The average molecular weight is 334 g/mol. The van der Waals surface area contributed by atoms with E-state index in [4.69, 9.17) is 9.84 Å². The summed E-state index contributed by atoms with van der Waals surface area (Å²) in [6.07, 6.45) is 0. The third kappa shape index (κ3) is 2.66. The van der Waals surface area contributed by atoms with E-state index < -0.39 is 11.4 Å². The van der Waals surface area contributed by atoms with Crippen LogP contribution in [-0.2, 0) is 10.2 Å². The fraction of sp³-hybridized carbons (Fsp3) is 0.417. The molecule has 0 radical (unpaired) electrons. The minimum atomic E-state index is -0.893. The van der Waals surface area contributed by atoms with Crippen LogP contribution in [0, 0.1) is 3.57 Å². The molecule has 0 heterocycles. The summed E-state index contributed by atoms with van der Waals surface area (Å²) in [4.78, 5) is 11.1. The van der Waals surface area contributed by atoms with Gasteiger partial charge >= 0.3 is 5.97 Å². The molecule has 1 aromatic rings. The minimum absolute atomic E-state index is 0.576. The number of rotatable bonds is 4. The van der Waals surface area contributed by atoms with Gasteiger partial charge in [0.2, 0.25) is 0 Å². The maximum Gasteiger partial charge on any atom is 0.313 e. The zero-order valence-electron chi connectivity index (χ0n) is 9.58. The average Bonchev–Trinajstić information content (AvgIpc) is 2.21. The fourth-order valence-electron chi connectivity index (χ4n) is 1.28. The van der Waals surface area contributed by atoms with Crippen molar-refractivity contribution in [2.75, 3.05) is 6.61 Å². The number of hydrogen-bond donors (Lipinski definition) is 1. The second-order valence-electron chi connectivity index (χ2n) is 4.01. The van der Waals surface area contributed by atoms with Crippen molar-refractivity contribution in [2.45, 2.75) is 26.2 Å². The zero-order chi connectivity index (χ0) is 12.3. The van der Waals surface area contributed by atoms with E-state index in [0.717, 1.165) is 14.9 Å². The molecule has 0 spiro atoms. The molecule has 0 saturated carbocycles. The quantitative estimate of drug-likeness (QED) is 0.861. The summed E-state index contributed by atoms with van der Waals surface area (Å²) in [5.41, 5.74) is -0.139. The summed E-state index contributed by atoms with van der Waals surface area (Å²) in [7, 11) is 0. The topological polar surface area (TPSA) is 46.5 Å². The van der Waals surface area contributed by atoms with Crippen molar-refractivity contribution >= 4 is 28.6 Å². The first kappa shape index (κ1) is 13.3. The molecule has 0 aliphatic heterocycles. The van der Waals surface area contributed by atoms with Crippen molar-refractivity contribution in [3.63, 3.8) is 0 Å². The molecule has 0 saturated heterocycles. The van der Waals surface area contributed by atoms with Crippen LogP contribution in [0.1, 0.15) is 26.3 Å². The molecule has 1 rings (SSSR count). The highest BCUT2D eigenvalue weighted by atomic mass is 127. The largest absolute Gasteiger partial charge is 0.493 e. The highest BCUT2D eigenvalue weighted by molar-refractivity contribution is 14.1. The van der Waals surface area contributed by atoms with E-state index in [2.05, 4.69) is 22.6 Å². The van der Waals surface area contributed by atoms with Crippen LogP contribution in [0.3, 0.4) is 0 Å². The van der Waals surface area contributed by atoms with Crippen LogP contribution in [0.15, 0.2) is 18.2 Å². The van der Waals surface area contributed by atoms with Crippen LogP contribution in [0.5, 0.6) is 5.75 Å². The van der Waals surface area contributed by atoms with Gasteiger partial charge in [0.15, 0.2) is 0 Å². The number of aliphatic carboxylic acids is 1. The number of carboxylic acids is 1. The van der Waals surface area contributed by atoms with E-state index in [1.54, 1.807) is 19.9 Å². The standard InChI is InChI=1S/C12H15IO3/c1-4-16-10-7-8(5-6-9(10)13)12(2,3)11(14)15/h5-7H,4H2,1-3H3,(H,14,15). The molecule has 0 aliphatic carbocycles. The fourth-order valence-corrected chi connectivity index (χ4v) is 1.77. The lowest BCUT2D eigenvalue weighted by atomic mass is 9.85. The van der Waals surface area contributed by atoms with Crippen molar-refractivity contribution in [2.24, 2.45) is 0 Å². The molecule has 0 bridgehead atoms. The number of ether oxygens (including phenoxy) is 1. The molecule has 0 unspecified atom stereocenters. The van der Waals surface area contributed by atoms with E-state index in [1.165, 1.54) is 0 Å². The predicted molar refractivity (Wildman–Crippen MR) is 71.0 cm³/mol. The molecule has 0 atom stereocenters. The molecule has 16 heavy (non-hydrogen) atoms. The van der Waals surface area contributed by atoms with Crippen molar-refractivity contribution in [1.29, 1.82) is 0 Å². The Morgan fingerprint density at radius 3 is 2.62 bits per heavy atom. The van der Waals surface area contributed by atoms with Gasteiger partial charge in [-0.3, -0.25) is 4.79 Å². The zero-order valence-corrected chi connectivity index (χ0v) is 11.7. The Labute approximate surface area is 109 Å². The van der Waals surface area contributed by atoms with Gasteiger partial charge in [0, 0.05) is 0 Å². The van der Waals surface area contributed by atoms with Crippen molar-refractivity contribution in [3.05, 3.63) is 27.3 Å². The Kier molecular flexibility index (Phi) is 4.18. The maximum absolute atomic E-state index is 11.1. The minimum Gasteiger partial charge on any atom is -0.493 e. The van der Waals surface area contributed by atoms with Gasteiger partial charge in [0.05, 0.1) is 15.6 Å². The Morgan fingerprint density at radius 1 is 1.50 bits per heavy atom. The Bertz CT molecular complexity index is 399. The van der Waals surface area contributed by atoms with Gasteiger partial charge in [-0.2, -0.15) is 0 Å². The lowest BCUT2D eigenvalue weighted by Gasteiger charge is -2.20. The van der Waals surface area contributed by atoms with E-state index >= 15 is 0 Å². The maximum atomic E-state index is 11.1. The molecular formula is C12H15IO3.